The van der Waals surface area contributed by atoms with Crippen molar-refractivity contribution in [3.63, 3.8) is 0 Å². The zero-order chi connectivity index (χ0) is 89.9. The maximum atomic E-state index is 13.9. The minimum Gasteiger partial charge on any atom is -0.466 e. The van der Waals surface area contributed by atoms with E-state index < -0.39 is 85.7 Å². The third-order valence-corrected chi connectivity index (χ3v) is 31.6. The maximum absolute atomic E-state index is 13.9. The van der Waals surface area contributed by atoms with E-state index in [2.05, 4.69) is 163 Å². The molecule has 4 amide bonds. The number of unbranched alkanes of at least 4 members (excludes halogenated alkanes) is 1. The average Bonchev–Trinajstić information content (AvgIpc) is 0.807. The molecule has 0 bridgehead atoms. The van der Waals surface area contributed by atoms with Gasteiger partial charge in [0.2, 0.25) is 0 Å². The first-order chi connectivity index (χ1) is 55.7. The second-order valence-corrected chi connectivity index (χ2v) is 53.5. The van der Waals surface area contributed by atoms with Crippen molar-refractivity contribution in [3.8, 4) is 0 Å². The van der Waals surface area contributed by atoms with Gasteiger partial charge in [0.15, 0.2) is 22.7 Å². The Hall–Kier alpha value is -6.82. The molecule has 4 N–H and O–H groups in total. The zero-order valence-electron chi connectivity index (χ0n) is 76.4. The highest BCUT2D eigenvalue weighted by Crippen LogP contribution is 2.53. The first-order valence-electron chi connectivity index (χ1n) is 43.4. The van der Waals surface area contributed by atoms with E-state index >= 15 is 0 Å². The van der Waals surface area contributed by atoms with E-state index in [9.17, 15) is 52.7 Å². The van der Waals surface area contributed by atoms with Gasteiger partial charge < -0.3 is 91.1 Å². The molecule has 0 spiro atoms. The van der Waals surface area contributed by atoms with Gasteiger partial charge in [0.25, 0.3) is 0 Å². The van der Waals surface area contributed by atoms with Crippen LogP contribution in [0, 0.1) is 49.2 Å². The fourth-order valence-corrected chi connectivity index (χ4v) is 31.9. The minimum absolute atomic E-state index is 0.0156. The van der Waals surface area contributed by atoms with Gasteiger partial charge in [0.05, 0.1) is 59.5 Å². The van der Waals surface area contributed by atoms with Crippen LogP contribution in [0.25, 0.3) is 0 Å². The summed E-state index contributed by atoms with van der Waals surface area (Å²) >= 11 is 0. The monoisotopic (exact) mass is 1750 g/mol. The van der Waals surface area contributed by atoms with Crippen molar-refractivity contribution < 1.29 is 123 Å². The standard InChI is InChI=1S/C87H152N4O26Si3/c1-22-69(92)104-39-26-42-110-77(100)90-66-52-82(7,8)61-86(13,55-66)35-32-73(96)115-68(57-103-36-29-47-120(21,116-118(15,16)17)117-119(18,19)20)58-114-78(101)91-67-53-83(9,10)60-85(12,56-67)34-31-72(95)106-41-28-44-113-79(102)112-43-27-40-105-71(94)30-33-84(11)54-65(51-81(5,6)59-84)89-76(99)109-38-25-24-37-107-74(97)48-64-49-80(3,4)62-87(14,50-64)63-88-75(98)111-46-45-108-70(93)23-2/h22-23,64-68H,1-2,24-63H2,3-21H3,(H,88,98)(H,89,99)(H,90,100)(H,91,101). The van der Waals surface area contributed by atoms with Crippen molar-refractivity contribution in [2.24, 2.45) is 49.2 Å². The van der Waals surface area contributed by atoms with Crippen LogP contribution in [0.15, 0.2) is 25.3 Å². The molecule has 4 rings (SSSR count). The lowest BCUT2D eigenvalue weighted by Gasteiger charge is -2.46. The van der Waals surface area contributed by atoms with Crippen LogP contribution in [0.4, 0.5) is 24.0 Å². The second kappa shape index (κ2) is 49.0. The molecule has 0 aromatic rings. The van der Waals surface area contributed by atoms with E-state index in [1.165, 1.54) is 0 Å². The Balaban J connectivity index is 1.12. The van der Waals surface area contributed by atoms with Gasteiger partial charge in [-0.2, -0.15) is 0 Å². The number of carbonyl (C=O) groups is 11. The number of nitrogens with one attached hydrogen (secondary N) is 4. The third-order valence-electron chi connectivity index (χ3n) is 21.9. The number of rotatable bonds is 51. The summed E-state index contributed by atoms with van der Waals surface area (Å²) in [6.45, 7) is 48.0. The largest absolute Gasteiger partial charge is 0.508 e. The smallest absolute Gasteiger partial charge is 0.466 e. The van der Waals surface area contributed by atoms with E-state index in [0.29, 0.717) is 103 Å². The van der Waals surface area contributed by atoms with Crippen LogP contribution in [-0.4, -0.2) is 208 Å². The fourth-order valence-electron chi connectivity index (χ4n) is 19.4. The molecule has 33 heteroatoms. The zero-order valence-corrected chi connectivity index (χ0v) is 79.4. The lowest BCUT2D eigenvalue weighted by atomic mass is 9.60. The van der Waals surface area contributed by atoms with E-state index in [4.69, 9.17) is 69.8 Å². The van der Waals surface area contributed by atoms with Crippen molar-refractivity contribution >= 4 is 91.5 Å². The lowest BCUT2D eigenvalue weighted by molar-refractivity contribution is -0.156. The quantitative estimate of drug-likeness (QED) is 0.0144. The van der Waals surface area contributed by atoms with Crippen LogP contribution in [0.1, 0.15) is 244 Å². The van der Waals surface area contributed by atoms with Gasteiger partial charge in [-0.1, -0.05) is 96.2 Å². The first-order valence-corrected chi connectivity index (χ1v) is 52.8. The van der Waals surface area contributed by atoms with Crippen LogP contribution in [0.2, 0.25) is 51.9 Å². The number of amides is 4. The van der Waals surface area contributed by atoms with Gasteiger partial charge >= 0.3 is 74.9 Å². The van der Waals surface area contributed by atoms with E-state index in [-0.39, 0.29) is 197 Å². The number of alkyl carbamates (subject to hydrolysis) is 4. The normalized spacial score (nSPS) is 23.9. The predicted octanol–water partition coefficient (Wildman–Crippen LogP) is 16.5. The Morgan fingerprint density at radius 2 is 0.742 bits per heavy atom. The minimum atomic E-state index is -2.55. The third kappa shape index (κ3) is 46.1. The average molecular weight is 1750 g/mol. The molecule has 0 aromatic heterocycles. The molecule has 0 aromatic carbocycles. The topological polar surface area (TPSA) is 374 Å². The molecule has 120 heavy (non-hydrogen) atoms. The highest BCUT2D eigenvalue weighted by atomic mass is 28.5. The van der Waals surface area contributed by atoms with Crippen LogP contribution in [0.5, 0.6) is 0 Å². The molecular weight excluding hydrogens is 1600 g/mol. The molecule has 4 aliphatic rings. The Kier molecular flexibility index (Phi) is 43.1. The fraction of sp³-hybridized carbons (Fsp3) is 0.828. The molecule has 0 saturated heterocycles. The van der Waals surface area contributed by atoms with Gasteiger partial charge in [-0.15, -0.1) is 0 Å². The van der Waals surface area contributed by atoms with Crippen molar-refractivity contribution in [1.29, 1.82) is 0 Å². The lowest BCUT2D eigenvalue weighted by Crippen LogP contribution is -2.52. The molecule has 9 unspecified atom stereocenters. The highest BCUT2D eigenvalue weighted by molar-refractivity contribution is 6.87. The molecule has 9 atom stereocenters. The molecule has 688 valence electrons. The molecule has 0 heterocycles. The molecule has 30 nitrogen and oxygen atoms in total. The Bertz CT molecular complexity index is 3310. The summed E-state index contributed by atoms with van der Waals surface area (Å²) in [7, 11) is -6.44. The van der Waals surface area contributed by atoms with Crippen molar-refractivity contribution in [3.05, 3.63) is 25.3 Å². The molecule has 4 fully saturated rings. The number of esters is 6. The summed E-state index contributed by atoms with van der Waals surface area (Å²) < 4.78 is 84.4. The summed E-state index contributed by atoms with van der Waals surface area (Å²) in [4.78, 5) is 140. The Morgan fingerprint density at radius 3 is 1.20 bits per heavy atom. The van der Waals surface area contributed by atoms with Crippen molar-refractivity contribution in [1.82, 2.24) is 21.3 Å². The Morgan fingerprint density at radius 1 is 0.375 bits per heavy atom. The van der Waals surface area contributed by atoms with Crippen molar-refractivity contribution in [2.75, 3.05) is 92.4 Å². The van der Waals surface area contributed by atoms with Crippen molar-refractivity contribution in [2.45, 2.75) is 320 Å². The summed E-state index contributed by atoms with van der Waals surface area (Å²) in [5.74, 6) is -2.65. The van der Waals surface area contributed by atoms with Crippen LogP contribution < -0.4 is 21.3 Å². The van der Waals surface area contributed by atoms with Crippen LogP contribution in [0.3, 0.4) is 0 Å². The highest BCUT2D eigenvalue weighted by Gasteiger charge is 2.47. The summed E-state index contributed by atoms with van der Waals surface area (Å²) in [6.07, 6.45) is 11.2. The second-order valence-electron chi connectivity index (χ2n) is 40.7. The number of hydrogen-bond acceptors (Lipinski definition) is 26. The van der Waals surface area contributed by atoms with E-state index in [0.717, 1.165) is 50.7 Å². The SMILES string of the molecule is C=CC(=O)OCCCOC(=O)NC1CC(C)(C)CC(C)(CCC(=O)OC(COCCC[Si](C)(O[Si](C)(C)C)O[Si](C)(C)C)COC(=O)NC2CC(C)(C)CC(C)(CCC(=O)OCCCOC(=O)OCCCOC(=O)CCC3(C)CC(NC(=O)OCCCCOC(=O)CC4CC(C)(C)CC(C)(CNC(=O)OCCOC(=O)C=C)C4)CC(C)(C)C3)C2)C1. The number of hydrogen-bond donors (Lipinski definition) is 4. The molecule has 4 aliphatic carbocycles. The molecule has 0 radical (unpaired) electrons. The van der Waals surface area contributed by atoms with E-state index in [1.807, 2.05) is 0 Å². The van der Waals surface area contributed by atoms with Gasteiger partial charge in [-0.3, -0.25) is 19.2 Å². The van der Waals surface area contributed by atoms with Crippen LogP contribution >= 0.6 is 0 Å². The maximum Gasteiger partial charge on any atom is 0.508 e. The summed E-state index contributed by atoms with van der Waals surface area (Å²) in [5, 5.41) is 11.9. The van der Waals surface area contributed by atoms with E-state index in [1.54, 1.807) is 0 Å². The Labute approximate surface area is 718 Å². The van der Waals surface area contributed by atoms with Gasteiger partial charge in [-0.25, -0.2) is 33.6 Å². The molecular formula is C87H152N4O26Si3. The molecule has 4 saturated carbocycles. The first kappa shape index (κ1) is 106. The summed E-state index contributed by atoms with van der Waals surface area (Å²) in [5.41, 5.74) is -1.84. The predicted molar refractivity (Wildman–Crippen MR) is 459 cm³/mol. The van der Waals surface area contributed by atoms with Crippen LogP contribution in [-0.2, 0) is 98.6 Å². The number of ether oxygens (including phenoxy) is 13. The van der Waals surface area contributed by atoms with Gasteiger partial charge in [0, 0.05) is 88.4 Å². The van der Waals surface area contributed by atoms with Gasteiger partial charge in [0.1, 0.15) is 19.8 Å². The summed E-state index contributed by atoms with van der Waals surface area (Å²) in [6, 6.07) is 0.0255. The van der Waals surface area contributed by atoms with Gasteiger partial charge in [-0.05, 0) is 217 Å². The number of carbonyl (C=O) groups excluding carboxylic acids is 11. The molecule has 0 aliphatic heterocycles.